The van der Waals surface area contributed by atoms with Gasteiger partial charge >= 0.3 is 0 Å². The molecule has 0 fully saturated rings. The fraction of sp³-hybridized carbons (Fsp3) is 0.357. The smallest absolute Gasteiger partial charge is 0.172 e. The van der Waals surface area contributed by atoms with Crippen LogP contribution in [0.25, 0.3) is 0 Å². The van der Waals surface area contributed by atoms with Gasteiger partial charge in [0.2, 0.25) is 0 Å². The minimum Gasteiger partial charge on any atom is -0.296 e. The standard InChI is InChI=1S/C14H16FN3O/c1-14(2,3)13-12(9-19)16-17-18(13)8-10-6-4-5-7-11(10)15/h4-7,9H,8H2,1-3H3. The minimum atomic E-state index is -0.287. The Bertz CT molecular complexity index is 599. The van der Waals surface area contributed by atoms with Gasteiger partial charge in [-0.25, -0.2) is 9.07 Å². The Hall–Kier alpha value is -2.04. The van der Waals surface area contributed by atoms with E-state index in [0.29, 0.717) is 23.2 Å². The molecule has 1 heterocycles. The maximum Gasteiger partial charge on any atom is 0.172 e. The lowest BCUT2D eigenvalue weighted by atomic mass is 9.90. The van der Waals surface area contributed by atoms with E-state index in [1.54, 1.807) is 22.9 Å². The zero-order chi connectivity index (χ0) is 14.0. The summed E-state index contributed by atoms with van der Waals surface area (Å²) in [6.45, 7) is 6.17. The first kappa shape index (κ1) is 13.4. The van der Waals surface area contributed by atoms with Gasteiger partial charge in [-0.05, 0) is 6.07 Å². The molecule has 2 aromatic rings. The van der Waals surface area contributed by atoms with E-state index >= 15 is 0 Å². The number of benzene rings is 1. The molecule has 0 aliphatic rings. The van der Waals surface area contributed by atoms with Gasteiger partial charge in [-0.2, -0.15) is 0 Å². The Balaban J connectivity index is 2.44. The summed E-state index contributed by atoms with van der Waals surface area (Å²) in [5.74, 6) is -0.287. The molecule has 0 saturated carbocycles. The third-order valence-electron chi connectivity index (χ3n) is 2.86. The molecule has 0 atom stereocenters. The SMILES string of the molecule is CC(C)(C)c1c(C=O)nnn1Cc1ccccc1F. The molecule has 19 heavy (non-hydrogen) atoms. The highest BCUT2D eigenvalue weighted by atomic mass is 19.1. The van der Waals surface area contributed by atoms with Crippen molar-refractivity contribution in [3.63, 3.8) is 0 Å². The molecule has 0 radical (unpaired) electrons. The van der Waals surface area contributed by atoms with E-state index in [1.807, 2.05) is 20.8 Å². The molecule has 0 saturated heterocycles. The summed E-state index contributed by atoms with van der Waals surface area (Å²) in [5, 5.41) is 7.81. The summed E-state index contributed by atoms with van der Waals surface area (Å²) in [6, 6.07) is 6.52. The molecule has 100 valence electrons. The summed E-state index contributed by atoms with van der Waals surface area (Å²) in [7, 11) is 0. The highest BCUT2D eigenvalue weighted by Gasteiger charge is 2.25. The first-order valence-corrected chi connectivity index (χ1v) is 6.06. The summed E-state index contributed by atoms with van der Waals surface area (Å²) >= 11 is 0. The van der Waals surface area contributed by atoms with Gasteiger partial charge in [-0.1, -0.05) is 44.2 Å². The second-order valence-electron chi connectivity index (χ2n) is 5.44. The summed E-state index contributed by atoms with van der Waals surface area (Å²) in [4.78, 5) is 11.0. The van der Waals surface area contributed by atoms with Crippen molar-refractivity contribution in [2.45, 2.75) is 32.7 Å². The van der Waals surface area contributed by atoms with Crippen molar-refractivity contribution in [2.24, 2.45) is 0 Å². The van der Waals surface area contributed by atoms with Gasteiger partial charge < -0.3 is 0 Å². The van der Waals surface area contributed by atoms with Crippen molar-refractivity contribution in [1.82, 2.24) is 15.0 Å². The van der Waals surface area contributed by atoms with Gasteiger partial charge in [-0.3, -0.25) is 4.79 Å². The number of carbonyl (C=O) groups excluding carboxylic acids is 1. The quantitative estimate of drug-likeness (QED) is 0.798. The van der Waals surface area contributed by atoms with Gasteiger partial charge in [0.05, 0.1) is 12.2 Å². The molecule has 0 N–H and O–H groups in total. The molecular weight excluding hydrogens is 245 g/mol. The van der Waals surface area contributed by atoms with E-state index in [-0.39, 0.29) is 17.8 Å². The van der Waals surface area contributed by atoms with Crippen molar-refractivity contribution >= 4 is 6.29 Å². The molecule has 1 aromatic heterocycles. The number of hydrogen-bond acceptors (Lipinski definition) is 3. The van der Waals surface area contributed by atoms with Crippen LogP contribution in [-0.2, 0) is 12.0 Å². The Morgan fingerprint density at radius 1 is 1.32 bits per heavy atom. The predicted octanol–water partition coefficient (Wildman–Crippen LogP) is 2.58. The van der Waals surface area contributed by atoms with Crippen LogP contribution in [0.4, 0.5) is 4.39 Å². The monoisotopic (exact) mass is 261 g/mol. The van der Waals surface area contributed by atoms with E-state index in [9.17, 15) is 9.18 Å². The topological polar surface area (TPSA) is 47.8 Å². The molecule has 4 nitrogen and oxygen atoms in total. The van der Waals surface area contributed by atoms with Gasteiger partial charge in [-0.15, -0.1) is 5.10 Å². The molecule has 0 aliphatic heterocycles. The lowest BCUT2D eigenvalue weighted by Gasteiger charge is -2.20. The Labute approximate surface area is 111 Å². The summed E-state index contributed by atoms with van der Waals surface area (Å²) < 4.78 is 15.2. The van der Waals surface area contributed by atoms with Crippen molar-refractivity contribution in [3.8, 4) is 0 Å². The zero-order valence-corrected chi connectivity index (χ0v) is 11.2. The van der Waals surface area contributed by atoms with Crippen molar-refractivity contribution in [3.05, 3.63) is 47.0 Å². The second-order valence-corrected chi connectivity index (χ2v) is 5.44. The molecule has 0 spiro atoms. The average Bonchev–Trinajstić information content (AvgIpc) is 2.75. The van der Waals surface area contributed by atoms with Gasteiger partial charge in [0.25, 0.3) is 0 Å². The number of halogens is 1. The first-order chi connectivity index (χ1) is 8.93. The van der Waals surface area contributed by atoms with Gasteiger partial charge in [0.15, 0.2) is 6.29 Å². The van der Waals surface area contributed by atoms with Crippen LogP contribution in [0.3, 0.4) is 0 Å². The molecule has 0 aliphatic carbocycles. The average molecular weight is 261 g/mol. The van der Waals surface area contributed by atoms with Crippen molar-refractivity contribution < 1.29 is 9.18 Å². The van der Waals surface area contributed by atoms with E-state index in [1.165, 1.54) is 6.07 Å². The maximum atomic E-state index is 13.7. The molecule has 1 aromatic carbocycles. The van der Waals surface area contributed by atoms with Crippen LogP contribution in [0.15, 0.2) is 24.3 Å². The van der Waals surface area contributed by atoms with Gasteiger partial charge in [0.1, 0.15) is 11.5 Å². The van der Waals surface area contributed by atoms with Crippen LogP contribution in [0.1, 0.15) is 42.5 Å². The fourth-order valence-electron chi connectivity index (χ4n) is 2.08. The van der Waals surface area contributed by atoms with E-state index < -0.39 is 0 Å². The number of hydrogen-bond donors (Lipinski definition) is 0. The fourth-order valence-corrected chi connectivity index (χ4v) is 2.08. The number of aldehydes is 1. The highest BCUT2D eigenvalue weighted by Crippen LogP contribution is 2.24. The highest BCUT2D eigenvalue weighted by molar-refractivity contribution is 5.73. The maximum absolute atomic E-state index is 13.7. The molecule has 0 bridgehead atoms. The predicted molar refractivity (Wildman–Crippen MR) is 69.6 cm³/mol. The lowest BCUT2D eigenvalue weighted by molar-refractivity contribution is 0.111. The van der Waals surface area contributed by atoms with Crippen LogP contribution >= 0.6 is 0 Å². The van der Waals surface area contributed by atoms with Crippen LogP contribution in [-0.4, -0.2) is 21.3 Å². The number of aromatic nitrogens is 3. The Morgan fingerprint density at radius 2 is 2.00 bits per heavy atom. The zero-order valence-electron chi connectivity index (χ0n) is 11.2. The molecule has 0 amide bonds. The Kier molecular flexibility index (Phi) is 3.46. The largest absolute Gasteiger partial charge is 0.296 e. The van der Waals surface area contributed by atoms with Crippen LogP contribution in [0.5, 0.6) is 0 Å². The number of carbonyl (C=O) groups is 1. The van der Waals surface area contributed by atoms with Crippen LogP contribution in [0.2, 0.25) is 0 Å². The lowest BCUT2D eigenvalue weighted by Crippen LogP contribution is -2.21. The molecule has 2 rings (SSSR count). The summed E-state index contributed by atoms with van der Waals surface area (Å²) in [6.07, 6.45) is 0.686. The molecule has 5 heteroatoms. The number of nitrogens with zero attached hydrogens (tertiary/aromatic N) is 3. The third kappa shape index (κ3) is 2.70. The first-order valence-electron chi connectivity index (χ1n) is 6.06. The Morgan fingerprint density at radius 3 is 2.58 bits per heavy atom. The normalized spacial score (nSPS) is 11.6. The third-order valence-corrected chi connectivity index (χ3v) is 2.86. The molecule has 0 unspecified atom stereocenters. The van der Waals surface area contributed by atoms with E-state index in [0.717, 1.165) is 0 Å². The van der Waals surface area contributed by atoms with Crippen LogP contribution in [0, 0.1) is 5.82 Å². The van der Waals surface area contributed by atoms with Gasteiger partial charge in [0, 0.05) is 11.0 Å². The van der Waals surface area contributed by atoms with Crippen LogP contribution < -0.4 is 0 Å². The molecular formula is C14H16FN3O. The van der Waals surface area contributed by atoms with E-state index in [4.69, 9.17) is 0 Å². The van der Waals surface area contributed by atoms with E-state index in [2.05, 4.69) is 10.3 Å². The van der Waals surface area contributed by atoms with Crippen molar-refractivity contribution in [2.75, 3.05) is 0 Å². The van der Waals surface area contributed by atoms with Crippen molar-refractivity contribution in [1.29, 1.82) is 0 Å². The second kappa shape index (κ2) is 4.91. The summed E-state index contributed by atoms with van der Waals surface area (Å²) in [5.41, 5.74) is 1.26. The minimum absolute atomic E-state index is 0.264. The number of rotatable bonds is 3.